The zero-order valence-electron chi connectivity index (χ0n) is 21.3. The first-order valence-electron chi connectivity index (χ1n) is 13.1. The first kappa shape index (κ1) is 26.8. The molecule has 0 bridgehead atoms. The second-order valence-corrected chi connectivity index (χ2v) is 9.92. The molecule has 3 aromatic rings. The standard InChI is InChI=1S/C27H30F3N7O2/c28-27(29,30)21-8-6-20(7-9-21)26(39)35-16-12-23(13-17-35)37(22-4-2-1-3-5-22)24(38)18-36-25(32-33-34-36)19-10-14-31-15-11-19/h1-9,19,23,31H,10-18H2. The van der Waals surface area contributed by atoms with E-state index in [4.69, 9.17) is 0 Å². The average molecular weight is 542 g/mol. The Morgan fingerprint density at radius 2 is 1.62 bits per heavy atom. The second kappa shape index (κ2) is 11.5. The van der Waals surface area contributed by atoms with Crippen LogP contribution in [0.3, 0.4) is 0 Å². The molecule has 2 aromatic carbocycles. The molecule has 2 aliphatic rings. The monoisotopic (exact) mass is 541 g/mol. The summed E-state index contributed by atoms with van der Waals surface area (Å²) in [5.74, 6) is 0.449. The number of tetrazole rings is 1. The molecule has 2 saturated heterocycles. The van der Waals surface area contributed by atoms with E-state index in [0.29, 0.717) is 25.9 Å². The highest BCUT2D eigenvalue weighted by atomic mass is 19.4. The summed E-state index contributed by atoms with van der Waals surface area (Å²) in [4.78, 5) is 30.1. The van der Waals surface area contributed by atoms with E-state index in [-0.39, 0.29) is 35.9 Å². The number of alkyl halides is 3. The molecule has 1 N–H and O–H groups in total. The van der Waals surface area contributed by atoms with Crippen molar-refractivity contribution in [1.29, 1.82) is 0 Å². The van der Waals surface area contributed by atoms with E-state index in [2.05, 4.69) is 20.8 Å². The van der Waals surface area contributed by atoms with E-state index in [9.17, 15) is 22.8 Å². The van der Waals surface area contributed by atoms with Gasteiger partial charge in [0.1, 0.15) is 6.54 Å². The number of nitrogens with one attached hydrogen (secondary N) is 1. The van der Waals surface area contributed by atoms with Gasteiger partial charge in [0.2, 0.25) is 5.91 Å². The Kier molecular flexibility index (Phi) is 7.92. The largest absolute Gasteiger partial charge is 0.416 e. The maximum absolute atomic E-state index is 13.7. The maximum Gasteiger partial charge on any atom is 0.416 e. The highest BCUT2D eigenvalue weighted by molar-refractivity contribution is 5.95. The van der Waals surface area contributed by atoms with Crippen molar-refractivity contribution >= 4 is 17.5 Å². The smallest absolute Gasteiger partial charge is 0.338 e. The number of benzene rings is 2. The summed E-state index contributed by atoms with van der Waals surface area (Å²) in [5, 5.41) is 15.5. The van der Waals surface area contributed by atoms with Gasteiger partial charge in [-0.05, 0) is 85.6 Å². The molecule has 3 heterocycles. The van der Waals surface area contributed by atoms with E-state index in [1.807, 2.05) is 30.3 Å². The van der Waals surface area contributed by atoms with Crippen LogP contribution in [0.25, 0.3) is 0 Å². The lowest BCUT2D eigenvalue weighted by atomic mass is 9.97. The van der Waals surface area contributed by atoms with Crippen LogP contribution in [-0.2, 0) is 17.5 Å². The molecular weight excluding hydrogens is 511 g/mol. The molecule has 2 fully saturated rings. The molecular formula is C27H30F3N7O2. The van der Waals surface area contributed by atoms with Crippen LogP contribution in [0.2, 0.25) is 0 Å². The summed E-state index contributed by atoms with van der Waals surface area (Å²) in [6.07, 6.45) is -1.58. The van der Waals surface area contributed by atoms with Gasteiger partial charge in [-0.2, -0.15) is 13.2 Å². The van der Waals surface area contributed by atoms with E-state index in [0.717, 1.165) is 49.6 Å². The third kappa shape index (κ3) is 6.11. The molecule has 0 atom stereocenters. The van der Waals surface area contributed by atoms with Crippen molar-refractivity contribution in [2.45, 2.75) is 50.4 Å². The number of carbonyl (C=O) groups excluding carboxylic acids is 2. The van der Waals surface area contributed by atoms with Gasteiger partial charge in [-0.15, -0.1) is 5.10 Å². The van der Waals surface area contributed by atoms with Gasteiger partial charge in [0, 0.05) is 36.3 Å². The predicted octanol–water partition coefficient (Wildman–Crippen LogP) is 3.50. The number of hydrogen-bond donors (Lipinski definition) is 1. The highest BCUT2D eigenvalue weighted by Crippen LogP contribution is 2.30. The van der Waals surface area contributed by atoms with Gasteiger partial charge >= 0.3 is 6.18 Å². The van der Waals surface area contributed by atoms with E-state index in [1.165, 1.54) is 12.1 Å². The molecule has 12 heteroatoms. The Morgan fingerprint density at radius 1 is 0.949 bits per heavy atom. The van der Waals surface area contributed by atoms with Gasteiger partial charge in [-0.3, -0.25) is 9.59 Å². The maximum atomic E-state index is 13.7. The zero-order chi connectivity index (χ0) is 27.4. The van der Waals surface area contributed by atoms with Crippen LogP contribution in [-0.4, -0.2) is 69.1 Å². The third-order valence-electron chi connectivity index (χ3n) is 7.43. The number of likely N-dealkylation sites (tertiary alicyclic amines) is 1. The van der Waals surface area contributed by atoms with Crippen LogP contribution < -0.4 is 10.2 Å². The van der Waals surface area contributed by atoms with Crippen LogP contribution in [0.15, 0.2) is 54.6 Å². The number of halogens is 3. The number of amides is 2. The van der Waals surface area contributed by atoms with Crippen molar-refractivity contribution in [3.8, 4) is 0 Å². The first-order chi connectivity index (χ1) is 18.8. The lowest BCUT2D eigenvalue weighted by Crippen LogP contribution is -2.50. The van der Waals surface area contributed by atoms with Gasteiger partial charge < -0.3 is 15.1 Å². The number of nitrogens with zero attached hydrogens (tertiary/aromatic N) is 6. The van der Waals surface area contributed by atoms with Crippen molar-refractivity contribution < 1.29 is 22.8 Å². The van der Waals surface area contributed by atoms with Crippen LogP contribution in [0, 0.1) is 0 Å². The van der Waals surface area contributed by atoms with Crippen LogP contribution in [0.1, 0.15) is 53.3 Å². The van der Waals surface area contributed by atoms with Gasteiger partial charge in [0.15, 0.2) is 5.82 Å². The number of rotatable bonds is 6. The van der Waals surface area contributed by atoms with Crippen molar-refractivity contribution in [1.82, 2.24) is 30.4 Å². The molecule has 9 nitrogen and oxygen atoms in total. The molecule has 1 aromatic heterocycles. The average Bonchev–Trinajstić information content (AvgIpc) is 3.42. The zero-order valence-corrected chi connectivity index (χ0v) is 21.3. The normalized spacial score (nSPS) is 17.3. The Morgan fingerprint density at radius 3 is 2.26 bits per heavy atom. The van der Waals surface area contributed by atoms with Crippen LogP contribution in [0.5, 0.6) is 0 Å². The summed E-state index contributed by atoms with van der Waals surface area (Å²) in [7, 11) is 0. The van der Waals surface area contributed by atoms with Gasteiger partial charge in [-0.1, -0.05) is 18.2 Å². The first-order valence-corrected chi connectivity index (χ1v) is 13.1. The Labute approximate surface area is 224 Å². The van der Waals surface area contributed by atoms with Crippen LogP contribution in [0.4, 0.5) is 18.9 Å². The van der Waals surface area contributed by atoms with E-state index >= 15 is 0 Å². The number of anilines is 1. The lowest BCUT2D eigenvalue weighted by Gasteiger charge is -2.38. The minimum absolute atomic E-state index is 0.00581. The molecule has 0 radical (unpaired) electrons. The summed E-state index contributed by atoms with van der Waals surface area (Å²) >= 11 is 0. The fourth-order valence-corrected chi connectivity index (χ4v) is 5.36. The highest BCUT2D eigenvalue weighted by Gasteiger charge is 2.33. The van der Waals surface area contributed by atoms with Crippen molar-refractivity contribution in [2.24, 2.45) is 0 Å². The van der Waals surface area contributed by atoms with Gasteiger partial charge in [0.25, 0.3) is 5.91 Å². The van der Waals surface area contributed by atoms with Crippen molar-refractivity contribution in [3.05, 3.63) is 71.5 Å². The Hall–Kier alpha value is -3.80. The van der Waals surface area contributed by atoms with E-state index < -0.39 is 11.7 Å². The quantitative estimate of drug-likeness (QED) is 0.513. The van der Waals surface area contributed by atoms with Crippen LogP contribution >= 0.6 is 0 Å². The fourth-order valence-electron chi connectivity index (χ4n) is 5.36. The molecule has 2 amide bonds. The van der Waals surface area contributed by atoms with Gasteiger partial charge in [-0.25, -0.2) is 4.68 Å². The molecule has 0 aliphatic carbocycles. The third-order valence-corrected chi connectivity index (χ3v) is 7.43. The van der Waals surface area contributed by atoms with E-state index in [1.54, 1.807) is 14.5 Å². The number of piperidine rings is 2. The summed E-state index contributed by atoms with van der Waals surface area (Å²) in [5.41, 5.74) is 0.175. The molecule has 206 valence electrons. The molecule has 0 saturated carbocycles. The van der Waals surface area contributed by atoms with Gasteiger partial charge in [0.05, 0.1) is 5.56 Å². The summed E-state index contributed by atoms with van der Waals surface area (Å²) in [6, 6.07) is 13.5. The Balaban J connectivity index is 1.28. The second-order valence-electron chi connectivity index (χ2n) is 9.92. The lowest BCUT2D eigenvalue weighted by molar-refractivity contribution is -0.137. The molecule has 0 spiro atoms. The number of para-hydroxylation sites is 1. The minimum Gasteiger partial charge on any atom is -0.338 e. The SMILES string of the molecule is O=C(c1ccc(C(F)(F)F)cc1)N1CCC(N(C(=O)Cn2nnnc2C2CCNCC2)c2ccccc2)CC1. The topological polar surface area (TPSA) is 96.3 Å². The Bertz CT molecular complexity index is 1270. The number of aromatic nitrogens is 4. The molecule has 5 rings (SSSR count). The minimum atomic E-state index is -4.45. The summed E-state index contributed by atoms with van der Waals surface area (Å²) in [6.45, 7) is 2.53. The molecule has 0 unspecified atom stereocenters. The molecule has 2 aliphatic heterocycles. The van der Waals surface area contributed by atoms with Crippen molar-refractivity contribution in [3.63, 3.8) is 0 Å². The fraction of sp³-hybridized carbons (Fsp3) is 0.444. The summed E-state index contributed by atoms with van der Waals surface area (Å²) < 4.78 is 40.3. The number of carbonyl (C=O) groups is 2. The van der Waals surface area contributed by atoms with Crippen molar-refractivity contribution in [2.75, 3.05) is 31.1 Å². The predicted molar refractivity (Wildman–Crippen MR) is 137 cm³/mol. The number of hydrogen-bond acceptors (Lipinski definition) is 6. The molecule has 39 heavy (non-hydrogen) atoms.